The van der Waals surface area contributed by atoms with Gasteiger partial charge in [0.05, 0.1) is 5.02 Å². The van der Waals surface area contributed by atoms with E-state index in [4.69, 9.17) is 16.0 Å². The van der Waals surface area contributed by atoms with Crippen molar-refractivity contribution in [2.75, 3.05) is 5.32 Å². The van der Waals surface area contributed by atoms with Crippen molar-refractivity contribution in [1.29, 1.82) is 0 Å². The zero-order valence-corrected chi connectivity index (χ0v) is 13.5. The minimum absolute atomic E-state index is 0.277. The van der Waals surface area contributed by atoms with Crippen LogP contribution in [0, 0.1) is 6.92 Å². The Labute approximate surface area is 138 Å². The number of nitrogens with one attached hydrogen (secondary N) is 1. The van der Waals surface area contributed by atoms with E-state index in [2.05, 4.69) is 10.4 Å². The molecule has 1 aliphatic heterocycles. The zero-order chi connectivity index (χ0) is 16.0. The Balaban J connectivity index is 1.65. The maximum Gasteiger partial charge on any atom is 0.292 e. The molecule has 0 spiro atoms. The molecule has 0 bridgehead atoms. The SMILES string of the molecule is Cc1c(C(=O)Nc2cc3n(n2)CCCC3)oc2c(Cl)cccc12. The molecule has 0 fully saturated rings. The largest absolute Gasteiger partial charge is 0.449 e. The third kappa shape index (κ3) is 2.41. The first kappa shape index (κ1) is 14.3. The molecular formula is C17H16ClN3O2. The van der Waals surface area contributed by atoms with Gasteiger partial charge in [0.1, 0.15) is 0 Å². The number of aryl methyl sites for hydroxylation is 3. The predicted octanol–water partition coefficient (Wildman–Crippen LogP) is 4.18. The molecular weight excluding hydrogens is 314 g/mol. The van der Waals surface area contributed by atoms with Crippen LogP contribution in [-0.2, 0) is 13.0 Å². The molecule has 2 aromatic heterocycles. The molecule has 0 radical (unpaired) electrons. The molecule has 0 aliphatic carbocycles. The Morgan fingerprint density at radius 2 is 2.26 bits per heavy atom. The molecule has 1 N–H and O–H groups in total. The van der Waals surface area contributed by atoms with Gasteiger partial charge in [-0.1, -0.05) is 23.7 Å². The second-order valence-electron chi connectivity index (χ2n) is 5.83. The summed E-state index contributed by atoms with van der Waals surface area (Å²) in [4.78, 5) is 12.5. The van der Waals surface area contributed by atoms with Gasteiger partial charge in [-0.05, 0) is 32.3 Å². The van der Waals surface area contributed by atoms with Crippen molar-refractivity contribution >= 4 is 34.3 Å². The molecule has 3 aromatic rings. The fourth-order valence-corrected chi connectivity index (χ4v) is 3.29. The van der Waals surface area contributed by atoms with Crippen molar-refractivity contribution in [3.63, 3.8) is 0 Å². The molecule has 118 valence electrons. The molecule has 5 nitrogen and oxygen atoms in total. The summed E-state index contributed by atoms with van der Waals surface area (Å²) in [6, 6.07) is 7.42. The van der Waals surface area contributed by atoms with E-state index in [1.165, 1.54) is 6.42 Å². The van der Waals surface area contributed by atoms with Gasteiger partial charge in [0, 0.05) is 29.3 Å². The number of nitrogens with zero attached hydrogens (tertiary/aromatic N) is 2. The Bertz CT molecular complexity index is 887. The van der Waals surface area contributed by atoms with Crippen LogP contribution < -0.4 is 5.32 Å². The smallest absolute Gasteiger partial charge is 0.292 e. The van der Waals surface area contributed by atoms with Crippen molar-refractivity contribution in [1.82, 2.24) is 9.78 Å². The van der Waals surface area contributed by atoms with Crippen LogP contribution in [-0.4, -0.2) is 15.7 Å². The number of para-hydroxylation sites is 1. The molecule has 0 atom stereocenters. The number of fused-ring (bicyclic) bond motifs is 2. The fraction of sp³-hybridized carbons (Fsp3) is 0.294. The average molecular weight is 330 g/mol. The van der Waals surface area contributed by atoms with E-state index in [0.29, 0.717) is 16.4 Å². The highest BCUT2D eigenvalue weighted by molar-refractivity contribution is 6.35. The molecule has 1 aliphatic rings. The van der Waals surface area contributed by atoms with Crippen molar-refractivity contribution in [2.45, 2.75) is 32.7 Å². The second kappa shape index (κ2) is 5.42. The van der Waals surface area contributed by atoms with E-state index < -0.39 is 0 Å². The first-order chi connectivity index (χ1) is 11.1. The molecule has 23 heavy (non-hydrogen) atoms. The Kier molecular flexibility index (Phi) is 3.38. The van der Waals surface area contributed by atoms with E-state index in [9.17, 15) is 4.79 Å². The van der Waals surface area contributed by atoms with Gasteiger partial charge in [0.25, 0.3) is 5.91 Å². The monoisotopic (exact) mass is 329 g/mol. The van der Waals surface area contributed by atoms with Crippen LogP contribution in [0.25, 0.3) is 11.0 Å². The lowest BCUT2D eigenvalue weighted by Crippen LogP contribution is -2.13. The zero-order valence-electron chi connectivity index (χ0n) is 12.7. The molecule has 6 heteroatoms. The van der Waals surface area contributed by atoms with Crippen molar-refractivity contribution in [3.8, 4) is 0 Å². The lowest BCUT2D eigenvalue weighted by atomic mass is 10.1. The van der Waals surface area contributed by atoms with Crippen LogP contribution in [0.5, 0.6) is 0 Å². The highest BCUT2D eigenvalue weighted by atomic mass is 35.5. The topological polar surface area (TPSA) is 60.1 Å². The summed E-state index contributed by atoms with van der Waals surface area (Å²) in [6.45, 7) is 2.76. The van der Waals surface area contributed by atoms with E-state index in [1.54, 1.807) is 6.07 Å². The van der Waals surface area contributed by atoms with Crippen LogP contribution in [0.1, 0.15) is 34.7 Å². The number of carbonyl (C=O) groups is 1. The van der Waals surface area contributed by atoms with Gasteiger partial charge in [-0.15, -0.1) is 0 Å². The number of anilines is 1. The summed E-state index contributed by atoms with van der Waals surface area (Å²) in [6.07, 6.45) is 3.30. The number of furan rings is 1. The van der Waals surface area contributed by atoms with Crippen LogP contribution in [0.15, 0.2) is 28.7 Å². The molecule has 0 unspecified atom stereocenters. The number of carbonyl (C=O) groups excluding carboxylic acids is 1. The standard InChI is InChI=1S/C17H16ClN3O2/c1-10-12-6-4-7-13(18)16(12)23-15(10)17(22)19-14-9-11-5-2-3-8-21(11)20-14/h4,6-7,9H,2-3,5,8H2,1H3,(H,19,20,22). The fourth-order valence-electron chi connectivity index (χ4n) is 3.08. The van der Waals surface area contributed by atoms with Gasteiger partial charge in [-0.25, -0.2) is 0 Å². The lowest BCUT2D eigenvalue weighted by Gasteiger charge is -2.11. The average Bonchev–Trinajstić information content (AvgIpc) is 3.09. The second-order valence-corrected chi connectivity index (χ2v) is 6.24. The van der Waals surface area contributed by atoms with E-state index in [0.717, 1.165) is 36.0 Å². The summed E-state index contributed by atoms with van der Waals surface area (Å²) in [5.41, 5.74) is 2.49. The number of hydrogen-bond acceptors (Lipinski definition) is 3. The molecule has 0 saturated carbocycles. The van der Waals surface area contributed by atoms with Gasteiger partial charge in [0.15, 0.2) is 17.2 Å². The Hall–Kier alpha value is -2.27. The minimum atomic E-state index is -0.301. The summed E-state index contributed by atoms with van der Waals surface area (Å²) in [7, 11) is 0. The van der Waals surface area contributed by atoms with Gasteiger partial charge in [0.2, 0.25) is 0 Å². The van der Waals surface area contributed by atoms with Crippen molar-refractivity contribution < 1.29 is 9.21 Å². The quantitative estimate of drug-likeness (QED) is 0.767. The van der Waals surface area contributed by atoms with Crippen molar-refractivity contribution in [3.05, 3.63) is 46.3 Å². The number of amides is 1. The Morgan fingerprint density at radius 1 is 1.39 bits per heavy atom. The summed E-state index contributed by atoms with van der Waals surface area (Å²) >= 11 is 6.13. The number of halogens is 1. The lowest BCUT2D eigenvalue weighted by molar-refractivity contribution is 0.0997. The first-order valence-electron chi connectivity index (χ1n) is 7.69. The normalized spacial score (nSPS) is 14.0. The maximum atomic E-state index is 12.5. The maximum absolute atomic E-state index is 12.5. The number of aromatic nitrogens is 2. The van der Waals surface area contributed by atoms with Crippen LogP contribution in [0.2, 0.25) is 5.02 Å². The van der Waals surface area contributed by atoms with Crippen LogP contribution in [0.3, 0.4) is 0 Å². The number of benzene rings is 1. The highest BCUT2D eigenvalue weighted by Gasteiger charge is 2.21. The van der Waals surface area contributed by atoms with Gasteiger partial charge >= 0.3 is 0 Å². The first-order valence-corrected chi connectivity index (χ1v) is 8.07. The third-order valence-electron chi connectivity index (χ3n) is 4.28. The minimum Gasteiger partial charge on any atom is -0.449 e. The van der Waals surface area contributed by atoms with E-state index in [1.807, 2.05) is 29.8 Å². The van der Waals surface area contributed by atoms with Crippen LogP contribution in [0.4, 0.5) is 5.82 Å². The molecule has 1 aromatic carbocycles. The Morgan fingerprint density at radius 3 is 3.04 bits per heavy atom. The summed E-state index contributed by atoms with van der Waals surface area (Å²) in [5, 5.41) is 8.62. The highest BCUT2D eigenvalue weighted by Crippen LogP contribution is 2.31. The molecule has 1 amide bonds. The van der Waals surface area contributed by atoms with Gasteiger partial charge in [-0.3, -0.25) is 9.48 Å². The molecule has 3 heterocycles. The molecule has 0 saturated heterocycles. The third-order valence-corrected chi connectivity index (χ3v) is 4.58. The van der Waals surface area contributed by atoms with E-state index in [-0.39, 0.29) is 11.7 Å². The number of rotatable bonds is 2. The summed E-state index contributed by atoms with van der Waals surface area (Å²) < 4.78 is 7.65. The van der Waals surface area contributed by atoms with Gasteiger partial charge in [-0.2, -0.15) is 5.10 Å². The van der Waals surface area contributed by atoms with Crippen molar-refractivity contribution in [2.24, 2.45) is 0 Å². The predicted molar refractivity (Wildman–Crippen MR) is 89.1 cm³/mol. The van der Waals surface area contributed by atoms with Crippen LogP contribution >= 0.6 is 11.6 Å². The summed E-state index contributed by atoms with van der Waals surface area (Å²) in [5.74, 6) is 0.544. The molecule has 4 rings (SSSR count). The number of hydrogen-bond donors (Lipinski definition) is 1. The van der Waals surface area contributed by atoms with E-state index >= 15 is 0 Å². The van der Waals surface area contributed by atoms with Gasteiger partial charge < -0.3 is 9.73 Å².